The molecule has 0 spiro atoms. The van der Waals surface area contributed by atoms with Crippen molar-refractivity contribution in [2.45, 2.75) is 26.0 Å². The first-order chi connectivity index (χ1) is 19.3. The van der Waals surface area contributed by atoms with Crippen molar-refractivity contribution in [3.63, 3.8) is 0 Å². The van der Waals surface area contributed by atoms with Crippen molar-refractivity contribution in [3.05, 3.63) is 77.7 Å². The molecular weight excluding hydrogens is 510 g/mol. The smallest absolute Gasteiger partial charge is 0.321 e. The summed E-state index contributed by atoms with van der Waals surface area (Å²) in [5, 5.41) is 12.8. The Hall–Kier alpha value is -4.62. The fourth-order valence-corrected chi connectivity index (χ4v) is 4.24. The Morgan fingerprint density at radius 3 is 2.77 bits per heavy atom. The van der Waals surface area contributed by atoms with Gasteiger partial charge in [0.1, 0.15) is 17.4 Å². The number of nitrogens with zero attached hydrogens (tertiary/aromatic N) is 4. The summed E-state index contributed by atoms with van der Waals surface area (Å²) in [6.07, 6.45) is 4.39. The molecule has 1 aliphatic rings. The van der Waals surface area contributed by atoms with E-state index in [-0.39, 0.29) is 42.5 Å². The molecule has 3 heterocycles. The lowest BCUT2D eigenvalue weighted by atomic mass is 10.00. The molecule has 208 valence electrons. The van der Waals surface area contributed by atoms with Crippen molar-refractivity contribution in [2.75, 3.05) is 39.2 Å². The van der Waals surface area contributed by atoms with Crippen molar-refractivity contribution in [1.82, 2.24) is 19.8 Å². The average molecular weight is 544 g/mol. The molecule has 3 aromatic rings. The molecular formula is C30H33N5O5. The Morgan fingerprint density at radius 2 is 2.05 bits per heavy atom. The van der Waals surface area contributed by atoms with Gasteiger partial charge < -0.3 is 29.7 Å². The minimum Gasteiger partial charge on any atom is -0.497 e. The number of rotatable bonds is 6. The van der Waals surface area contributed by atoms with E-state index in [1.165, 1.54) is 4.90 Å². The van der Waals surface area contributed by atoms with Crippen LogP contribution in [0.15, 0.2) is 61.1 Å². The number of aliphatic hydroxyl groups is 1. The number of anilines is 1. The lowest BCUT2D eigenvalue weighted by Crippen LogP contribution is -2.50. The number of urea groups is 1. The summed E-state index contributed by atoms with van der Waals surface area (Å²) in [6, 6.07) is 11.6. The minimum absolute atomic E-state index is 0.158. The largest absolute Gasteiger partial charge is 0.497 e. The van der Waals surface area contributed by atoms with Crippen molar-refractivity contribution in [1.29, 1.82) is 0 Å². The van der Waals surface area contributed by atoms with Gasteiger partial charge in [-0.05, 0) is 37.3 Å². The molecule has 1 aliphatic heterocycles. The number of likely N-dealkylation sites (N-methyl/N-ethyl adjacent to an activating group) is 1. The van der Waals surface area contributed by atoms with Crippen LogP contribution in [0.3, 0.4) is 0 Å². The molecule has 4 rings (SSSR count). The van der Waals surface area contributed by atoms with Gasteiger partial charge in [-0.3, -0.25) is 9.78 Å². The highest BCUT2D eigenvalue weighted by Gasteiger charge is 2.34. The summed E-state index contributed by atoms with van der Waals surface area (Å²) >= 11 is 0. The van der Waals surface area contributed by atoms with Crippen LogP contribution in [0.4, 0.5) is 10.5 Å². The highest BCUT2D eigenvalue weighted by Crippen LogP contribution is 2.27. The Balaban J connectivity index is 1.59. The van der Waals surface area contributed by atoms with Crippen LogP contribution < -0.4 is 14.8 Å². The Morgan fingerprint density at radius 1 is 1.25 bits per heavy atom. The molecule has 10 nitrogen and oxygen atoms in total. The van der Waals surface area contributed by atoms with Crippen LogP contribution >= 0.6 is 0 Å². The number of hydrogen-bond acceptors (Lipinski definition) is 7. The van der Waals surface area contributed by atoms with Crippen LogP contribution in [0.1, 0.15) is 35.3 Å². The summed E-state index contributed by atoms with van der Waals surface area (Å²) in [7, 11) is 3.24. The number of fused-ring (bicyclic) bond motifs is 1. The summed E-state index contributed by atoms with van der Waals surface area (Å²) < 4.78 is 11.5. The number of aliphatic hydroxyl groups excluding tert-OH is 1. The topological polar surface area (TPSA) is 117 Å². The zero-order valence-corrected chi connectivity index (χ0v) is 23.0. The van der Waals surface area contributed by atoms with Gasteiger partial charge in [0.2, 0.25) is 5.88 Å². The number of methoxy groups -OCH3 is 1. The van der Waals surface area contributed by atoms with Gasteiger partial charge in [0.25, 0.3) is 5.91 Å². The minimum atomic E-state index is -0.485. The molecule has 0 radical (unpaired) electrons. The van der Waals surface area contributed by atoms with Gasteiger partial charge in [-0.25, -0.2) is 9.78 Å². The maximum absolute atomic E-state index is 13.6. The molecule has 3 amide bonds. The predicted octanol–water partition coefficient (Wildman–Crippen LogP) is 3.27. The van der Waals surface area contributed by atoms with E-state index >= 15 is 0 Å². The van der Waals surface area contributed by atoms with Crippen LogP contribution in [0.5, 0.6) is 11.6 Å². The molecule has 2 aromatic heterocycles. The first kappa shape index (κ1) is 28.4. The monoisotopic (exact) mass is 543 g/mol. The molecule has 0 bridgehead atoms. The summed E-state index contributed by atoms with van der Waals surface area (Å²) in [4.78, 5) is 38.2. The van der Waals surface area contributed by atoms with Gasteiger partial charge in [-0.15, -0.1) is 0 Å². The standard InChI is InChI=1S/C30H33N5O5/c1-20-17-35(21(2)19-36)29(37)26-13-23(11-10-22-7-6-12-31-15-22)16-32-28(26)40-27(20)18-34(3)30(38)33-24-8-5-9-25(14-24)39-4/h5-9,12-16,20-21,27,36H,17-19H2,1-4H3,(H,33,38)/t20-,21+,27+/m1/s1. The maximum atomic E-state index is 13.6. The SMILES string of the molecule is COc1cccc(NC(=O)N(C)C[C@@H]2Oc3ncc(C#Cc4cccnc4)cc3C(=O)N([C@@H](C)CO)C[C@H]2C)c1. The molecule has 2 N–H and O–H groups in total. The van der Waals surface area contributed by atoms with E-state index < -0.39 is 12.1 Å². The van der Waals surface area contributed by atoms with E-state index in [0.29, 0.717) is 23.5 Å². The molecule has 3 atom stereocenters. The van der Waals surface area contributed by atoms with E-state index in [1.807, 2.05) is 13.0 Å². The maximum Gasteiger partial charge on any atom is 0.321 e. The average Bonchev–Trinajstić information content (AvgIpc) is 2.98. The first-order valence-electron chi connectivity index (χ1n) is 13.0. The van der Waals surface area contributed by atoms with Crippen LogP contribution in [0, 0.1) is 17.8 Å². The summed E-state index contributed by atoms with van der Waals surface area (Å²) in [5.41, 5.74) is 2.12. The second kappa shape index (κ2) is 13.0. The number of carbonyl (C=O) groups is 2. The highest BCUT2D eigenvalue weighted by molar-refractivity contribution is 5.97. The third-order valence-corrected chi connectivity index (χ3v) is 6.66. The number of ether oxygens (including phenoxy) is 2. The van der Waals surface area contributed by atoms with Crippen LogP contribution in [0.2, 0.25) is 0 Å². The molecule has 0 unspecified atom stereocenters. The van der Waals surface area contributed by atoms with Crippen LogP contribution in [-0.2, 0) is 0 Å². The highest BCUT2D eigenvalue weighted by atomic mass is 16.5. The second-order valence-corrected chi connectivity index (χ2v) is 9.73. The molecule has 10 heteroatoms. The molecule has 0 saturated heterocycles. The third kappa shape index (κ3) is 6.87. The van der Waals surface area contributed by atoms with Gasteiger partial charge >= 0.3 is 6.03 Å². The molecule has 40 heavy (non-hydrogen) atoms. The Bertz CT molecular complexity index is 1400. The normalized spacial score (nSPS) is 17.2. The van der Waals surface area contributed by atoms with Crippen LogP contribution in [0.25, 0.3) is 0 Å². The Labute approximate surface area is 234 Å². The van der Waals surface area contributed by atoms with E-state index in [4.69, 9.17) is 9.47 Å². The number of carbonyl (C=O) groups excluding carboxylic acids is 2. The fraction of sp³-hybridized carbons (Fsp3) is 0.333. The van der Waals surface area contributed by atoms with Gasteiger partial charge in [0.05, 0.1) is 26.3 Å². The van der Waals surface area contributed by atoms with Crippen molar-refractivity contribution >= 4 is 17.6 Å². The van der Waals surface area contributed by atoms with Crippen molar-refractivity contribution in [2.24, 2.45) is 5.92 Å². The molecule has 0 fully saturated rings. The third-order valence-electron chi connectivity index (χ3n) is 6.66. The summed E-state index contributed by atoms with van der Waals surface area (Å²) in [5.74, 6) is 6.36. The predicted molar refractivity (Wildman–Crippen MR) is 150 cm³/mol. The second-order valence-electron chi connectivity index (χ2n) is 9.73. The number of hydrogen-bond donors (Lipinski definition) is 2. The molecule has 0 saturated carbocycles. The molecule has 0 aliphatic carbocycles. The first-order valence-corrected chi connectivity index (χ1v) is 13.0. The number of nitrogens with one attached hydrogen (secondary N) is 1. The van der Waals surface area contributed by atoms with Gasteiger partial charge in [-0.2, -0.15) is 0 Å². The van der Waals surface area contributed by atoms with E-state index in [0.717, 1.165) is 5.56 Å². The number of benzene rings is 1. The zero-order valence-electron chi connectivity index (χ0n) is 23.0. The van der Waals surface area contributed by atoms with Crippen molar-refractivity contribution < 1.29 is 24.2 Å². The quantitative estimate of drug-likeness (QED) is 0.459. The van der Waals surface area contributed by atoms with E-state index in [9.17, 15) is 14.7 Å². The summed E-state index contributed by atoms with van der Waals surface area (Å²) in [6.45, 7) is 4.09. The Kier molecular flexibility index (Phi) is 9.19. The molecule has 1 aromatic carbocycles. The van der Waals surface area contributed by atoms with Gasteiger partial charge in [0, 0.05) is 61.0 Å². The number of aromatic nitrogens is 2. The zero-order chi connectivity index (χ0) is 28.6. The van der Waals surface area contributed by atoms with E-state index in [2.05, 4.69) is 27.1 Å². The van der Waals surface area contributed by atoms with E-state index in [1.54, 1.807) is 81.0 Å². The van der Waals surface area contributed by atoms with Crippen LogP contribution in [-0.4, -0.2) is 82.8 Å². The van der Waals surface area contributed by atoms with Gasteiger partial charge in [0.15, 0.2) is 0 Å². The van der Waals surface area contributed by atoms with Gasteiger partial charge in [-0.1, -0.05) is 24.8 Å². The van der Waals surface area contributed by atoms with Crippen molar-refractivity contribution in [3.8, 4) is 23.5 Å². The number of amides is 3. The fourth-order valence-electron chi connectivity index (χ4n) is 4.24. The lowest BCUT2D eigenvalue weighted by molar-refractivity contribution is 0.0356. The lowest BCUT2D eigenvalue weighted by Gasteiger charge is -2.37. The number of pyridine rings is 2.